The number of rotatable bonds is 3. The van der Waals surface area contributed by atoms with Crippen LogP contribution in [-0.2, 0) is 0 Å². The van der Waals surface area contributed by atoms with Gasteiger partial charge in [0.2, 0.25) is 0 Å². The molecular formula is C20H34N2. The molecule has 0 bridgehead atoms. The Balaban J connectivity index is 3.54. The van der Waals surface area contributed by atoms with E-state index in [1.165, 1.54) is 16.7 Å². The molecule has 2 nitrogen and oxygen atoms in total. The van der Waals surface area contributed by atoms with Crippen LogP contribution in [0.1, 0.15) is 62.3 Å². The van der Waals surface area contributed by atoms with Crippen LogP contribution in [0, 0.1) is 16.7 Å². The Bertz CT molecular complexity index is 530. The summed E-state index contributed by atoms with van der Waals surface area (Å²) in [4.78, 5) is 2.31. The summed E-state index contributed by atoms with van der Waals surface area (Å²) in [6.45, 7) is 23.7. The lowest BCUT2D eigenvalue weighted by Gasteiger charge is -2.43. The highest BCUT2D eigenvalue weighted by molar-refractivity contribution is 5.83. The normalized spacial score (nSPS) is 26.4. The van der Waals surface area contributed by atoms with E-state index in [2.05, 4.69) is 79.9 Å². The van der Waals surface area contributed by atoms with E-state index in [4.69, 9.17) is 5.41 Å². The molecule has 1 aliphatic rings. The Morgan fingerprint density at radius 2 is 1.73 bits per heavy atom. The highest BCUT2D eigenvalue weighted by Gasteiger charge is 2.55. The fourth-order valence-electron chi connectivity index (χ4n) is 3.85. The summed E-state index contributed by atoms with van der Waals surface area (Å²) in [5, 5.41) is 8.58. The van der Waals surface area contributed by atoms with Crippen LogP contribution in [0.3, 0.4) is 0 Å². The molecule has 1 aliphatic heterocycles. The maximum atomic E-state index is 8.58. The van der Waals surface area contributed by atoms with Gasteiger partial charge in [-0.25, -0.2) is 0 Å². The minimum Gasteiger partial charge on any atom is -0.348 e. The molecule has 0 aromatic heterocycles. The van der Waals surface area contributed by atoms with Gasteiger partial charge < -0.3 is 4.90 Å². The highest BCUT2D eigenvalue weighted by Crippen LogP contribution is 2.53. The van der Waals surface area contributed by atoms with E-state index in [-0.39, 0.29) is 22.9 Å². The monoisotopic (exact) mass is 302 g/mol. The van der Waals surface area contributed by atoms with Crippen molar-refractivity contribution in [2.75, 3.05) is 0 Å². The topological polar surface area (TPSA) is 27.1 Å². The minimum absolute atomic E-state index is 0.00956. The zero-order valence-electron chi connectivity index (χ0n) is 16.0. The Morgan fingerprint density at radius 3 is 2.14 bits per heavy atom. The summed E-state index contributed by atoms with van der Waals surface area (Å²) in [7, 11) is 0. The fraction of sp³-hybridized carbons (Fsp3) is 0.650. The molecule has 2 heteroatoms. The van der Waals surface area contributed by atoms with Crippen molar-refractivity contribution in [3.05, 3.63) is 35.5 Å². The molecule has 1 saturated heterocycles. The summed E-state index contributed by atoms with van der Waals surface area (Å²) >= 11 is 0. The Labute approximate surface area is 137 Å². The van der Waals surface area contributed by atoms with Crippen molar-refractivity contribution in [2.45, 2.75) is 73.9 Å². The third-order valence-corrected chi connectivity index (χ3v) is 5.61. The molecular weight excluding hydrogens is 268 g/mol. The number of hydrogen-bond acceptors (Lipinski definition) is 1. The van der Waals surface area contributed by atoms with Gasteiger partial charge >= 0.3 is 0 Å². The third kappa shape index (κ3) is 2.80. The summed E-state index contributed by atoms with van der Waals surface area (Å²) in [5.41, 5.74) is 3.85. The first-order valence-electron chi connectivity index (χ1n) is 8.29. The number of nitrogens with one attached hydrogen (secondary N) is 1. The second-order valence-corrected chi connectivity index (χ2v) is 7.96. The van der Waals surface area contributed by atoms with E-state index in [1.807, 2.05) is 6.08 Å². The number of allylic oxidation sites excluding steroid dienone is 4. The van der Waals surface area contributed by atoms with Gasteiger partial charge in [0.1, 0.15) is 0 Å². The van der Waals surface area contributed by atoms with Gasteiger partial charge in [-0.3, -0.25) is 5.41 Å². The van der Waals surface area contributed by atoms with Gasteiger partial charge in [0.15, 0.2) is 0 Å². The van der Waals surface area contributed by atoms with Crippen molar-refractivity contribution in [1.82, 2.24) is 4.90 Å². The summed E-state index contributed by atoms with van der Waals surface area (Å²) in [6, 6.07) is 0.244. The summed E-state index contributed by atoms with van der Waals surface area (Å²) in [6.07, 6.45) is 4.12. The van der Waals surface area contributed by atoms with Crippen LogP contribution in [-0.4, -0.2) is 22.3 Å². The van der Waals surface area contributed by atoms with Gasteiger partial charge in [0.05, 0.1) is 11.9 Å². The number of likely N-dealkylation sites (tertiary alicyclic amines) is 1. The molecule has 0 radical (unpaired) electrons. The van der Waals surface area contributed by atoms with Crippen molar-refractivity contribution in [2.24, 2.45) is 11.3 Å². The van der Waals surface area contributed by atoms with Crippen molar-refractivity contribution < 1.29 is 0 Å². The molecule has 0 spiro atoms. The summed E-state index contributed by atoms with van der Waals surface area (Å²) < 4.78 is 0. The van der Waals surface area contributed by atoms with Gasteiger partial charge in [-0.2, -0.15) is 0 Å². The van der Waals surface area contributed by atoms with Crippen LogP contribution >= 0.6 is 0 Å². The predicted molar refractivity (Wildman–Crippen MR) is 98.4 cm³/mol. The first kappa shape index (κ1) is 18.7. The highest BCUT2D eigenvalue weighted by atomic mass is 15.3. The molecule has 1 heterocycles. The maximum absolute atomic E-state index is 8.58. The molecule has 0 aromatic carbocycles. The third-order valence-electron chi connectivity index (χ3n) is 5.61. The van der Waals surface area contributed by atoms with Crippen molar-refractivity contribution >= 4 is 5.84 Å². The van der Waals surface area contributed by atoms with Gasteiger partial charge in [0, 0.05) is 16.9 Å². The molecule has 1 N–H and O–H groups in total. The molecule has 1 rings (SSSR count). The Morgan fingerprint density at radius 1 is 1.23 bits per heavy atom. The Kier molecular flexibility index (Phi) is 5.16. The zero-order chi connectivity index (χ0) is 17.5. The maximum Gasteiger partial charge on any atom is 0.0993 e. The smallest absolute Gasteiger partial charge is 0.0993 e. The second kappa shape index (κ2) is 6.06. The van der Waals surface area contributed by atoms with Gasteiger partial charge in [0.25, 0.3) is 0 Å². The lowest BCUT2D eigenvalue weighted by molar-refractivity contribution is 0.143. The van der Waals surface area contributed by atoms with E-state index in [9.17, 15) is 0 Å². The molecule has 0 amide bonds. The van der Waals surface area contributed by atoms with E-state index in [0.717, 1.165) is 5.84 Å². The molecule has 124 valence electrons. The van der Waals surface area contributed by atoms with E-state index >= 15 is 0 Å². The average Bonchev–Trinajstić information content (AvgIpc) is 2.50. The van der Waals surface area contributed by atoms with Crippen LogP contribution in [0.4, 0.5) is 0 Å². The predicted octanol–water partition coefficient (Wildman–Crippen LogP) is 5.58. The molecule has 1 fully saturated rings. The zero-order valence-corrected chi connectivity index (χ0v) is 16.0. The van der Waals surface area contributed by atoms with Crippen LogP contribution in [0.15, 0.2) is 35.5 Å². The second-order valence-electron chi connectivity index (χ2n) is 7.96. The first-order chi connectivity index (χ1) is 9.89. The van der Waals surface area contributed by atoms with Crippen molar-refractivity contribution in [1.29, 1.82) is 5.41 Å². The fourth-order valence-corrected chi connectivity index (χ4v) is 3.85. The SMILES string of the molecule is C=C/C(C)=C\C(C)=C1/C(C)N(C(=N)C(C)C)C(C)(C)C1(C)C. The van der Waals surface area contributed by atoms with Crippen LogP contribution in [0.2, 0.25) is 0 Å². The van der Waals surface area contributed by atoms with Crippen molar-refractivity contribution in [3.8, 4) is 0 Å². The molecule has 0 aromatic rings. The first-order valence-corrected chi connectivity index (χ1v) is 8.29. The number of hydrogen-bond donors (Lipinski definition) is 1. The summed E-state index contributed by atoms with van der Waals surface area (Å²) in [5.74, 6) is 0.973. The van der Waals surface area contributed by atoms with Crippen LogP contribution in [0.25, 0.3) is 0 Å². The standard InChI is InChI=1S/C20H34N2/c1-11-14(4)12-15(5)17-16(6)22(18(21)13(2)3)20(9,10)19(17,7)8/h11-13,16,21H,1H2,2-10H3/b14-12-,17-15+,21-18?. The molecule has 22 heavy (non-hydrogen) atoms. The lowest BCUT2D eigenvalue weighted by atomic mass is 9.70. The van der Waals surface area contributed by atoms with Crippen LogP contribution in [0.5, 0.6) is 0 Å². The lowest BCUT2D eigenvalue weighted by Crippen LogP contribution is -2.52. The number of nitrogens with zero attached hydrogens (tertiary/aromatic N) is 1. The molecule has 1 unspecified atom stereocenters. The Hall–Kier alpha value is -1.31. The van der Waals surface area contributed by atoms with Gasteiger partial charge in [-0.15, -0.1) is 0 Å². The van der Waals surface area contributed by atoms with Gasteiger partial charge in [-0.1, -0.05) is 52.0 Å². The van der Waals surface area contributed by atoms with E-state index < -0.39 is 0 Å². The van der Waals surface area contributed by atoms with E-state index in [0.29, 0.717) is 0 Å². The van der Waals surface area contributed by atoms with Crippen molar-refractivity contribution in [3.63, 3.8) is 0 Å². The average molecular weight is 303 g/mol. The quantitative estimate of drug-likeness (QED) is 0.411. The number of amidine groups is 1. The molecule has 0 saturated carbocycles. The molecule has 1 atom stereocenters. The van der Waals surface area contributed by atoms with Gasteiger partial charge in [-0.05, 0) is 45.8 Å². The van der Waals surface area contributed by atoms with Crippen LogP contribution < -0.4 is 0 Å². The molecule has 0 aliphatic carbocycles. The van der Waals surface area contributed by atoms with E-state index in [1.54, 1.807) is 0 Å². The minimum atomic E-state index is -0.0830. The largest absolute Gasteiger partial charge is 0.348 e.